The lowest BCUT2D eigenvalue weighted by Crippen LogP contribution is -2.54. The summed E-state index contributed by atoms with van der Waals surface area (Å²) in [6, 6.07) is 6.67. The molecule has 0 aromatic heterocycles. The molecule has 0 radical (unpaired) electrons. The van der Waals surface area contributed by atoms with Crippen LogP contribution in [0, 0.1) is 10.1 Å². The number of non-ortho nitro benzene ring substituents is 1. The van der Waals surface area contributed by atoms with Gasteiger partial charge in [-0.05, 0) is 25.8 Å². The van der Waals surface area contributed by atoms with Crippen LogP contribution < -0.4 is 10.6 Å². The molecule has 0 spiro atoms. The van der Waals surface area contributed by atoms with Crippen LogP contribution in [0.15, 0.2) is 29.3 Å². The quantitative estimate of drug-likeness (QED) is 0.123. The molecule has 31 heavy (non-hydrogen) atoms. The Balaban J connectivity index is 0.00000480. The number of hydrogen-bond donors (Lipinski definition) is 2. The molecule has 1 saturated heterocycles. The number of halogens is 1. The van der Waals surface area contributed by atoms with E-state index in [2.05, 4.69) is 27.4 Å². The lowest BCUT2D eigenvalue weighted by atomic mass is 10.2. The van der Waals surface area contributed by atoms with Gasteiger partial charge in [0.2, 0.25) is 5.91 Å². The van der Waals surface area contributed by atoms with Crippen molar-refractivity contribution in [1.29, 1.82) is 0 Å². The van der Waals surface area contributed by atoms with Crippen LogP contribution in [0.25, 0.3) is 0 Å². The highest BCUT2D eigenvalue weighted by Crippen LogP contribution is 2.13. The minimum absolute atomic E-state index is 0. The van der Waals surface area contributed by atoms with E-state index in [9.17, 15) is 14.9 Å². The average molecular weight is 546 g/mol. The third kappa shape index (κ3) is 9.81. The maximum Gasteiger partial charge on any atom is 0.269 e. The molecular formula is C21H35IN6O3. The number of guanidine groups is 1. The van der Waals surface area contributed by atoms with Crippen LogP contribution in [-0.2, 0) is 11.3 Å². The fraction of sp³-hybridized carbons (Fsp3) is 0.619. The van der Waals surface area contributed by atoms with E-state index in [-0.39, 0.29) is 41.6 Å². The number of piperazine rings is 1. The second-order valence-electron chi connectivity index (χ2n) is 7.83. The van der Waals surface area contributed by atoms with Gasteiger partial charge in [0.15, 0.2) is 5.96 Å². The number of rotatable bonds is 9. The number of carbonyl (C=O) groups excluding carboxylic acids is 1. The highest BCUT2D eigenvalue weighted by atomic mass is 127. The van der Waals surface area contributed by atoms with Crippen molar-refractivity contribution in [2.24, 2.45) is 4.99 Å². The first-order valence-electron chi connectivity index (χ1n) is 10.7. The summed E-state index contributed by atoms with van der Waals surface area (Å²) in [4.78, 5) is 31.5. The van der Waals surface area contributed by atoms with Crippen molar-refractivity contribution in [3.8, 4) is 0 Å². The van der Waals surface area contributed by atoms with Crippen LogP contribution in [0.4, 0.5) is 5.69 Å². The van der Waals surface area contributed by atoms with Gasteiger partial charge in [0, 0.05) is 50.9 Å². The van der Waals surface area contributed by atoms with Crippen molar-refractivity contribution in [2.75, 3.05) is 39.3 Å². The third-order valence-corrected chi connectivity index (χ3v) is 4.86. The molecule has 0 atom stereocenters. The second kappa shape index (κ2) is 14.2. The summed E-state index contributed by atoms with van der Waals surface area (Å²) in [6.07, 6.45) is 2.16. The fourth-order valence-corrected chi connectivity index (χ4v) is 3.22. The van der Waals surface area contributed by atoms with Crippen LogP contribution in [0.2, 0.25) is 0 Å². The lowest BCUT2D eigenvalue weighted by Gasteiger charge is -2.36. The topological polar surface area (TPSA) is 103 Å². The van der Waals surface area contributed by atoms with Crippen molar-refractivity contribution in [1.82, 2.24) is 20.4 Å². The number of nitrogens with zero attached hydrogens (tertiary/aromatic N) is 4. The summed E-state index contributed by atoms with van der Waals surface area (Å²) in [6.45, 7) is 11.0. The largest absolute Gasteiger partial charge is 0.356 e. The molecule has 0 saturated carbocycles. The molecule has 1 aliphatic rings. The zero-order valence-electron chi connectivity index (χ0n) is 18.7. The van der Waals surface area contributed by atoms with Gasteiger partial charge in [-0.1, -0.05) is 25.5 Å². The Hall–Kier alpha value is -1.95. The van der Waals surface area contributed by atoms with Crippen LogP contribution in [0.5, 0.6) is 0 Å². The number of nitro benzene ring substituents is 1. The molecule has 0 bridgehead atoms. The first kappa shape index (κ1) is 27.1. The Kier molecular flexibility index (Phi) is 12.4. The first-order valence-corrected chi connectivity index (χ1v) is 10.7. The van der Waals surface area contributed by atoms with E-state index in [1.165, 1.54) is 12.1 Å². The number of unbranched alkanes of at least 4 members (excludes halogenated alkanes) is 1. The van der Waals surface area contributed by atoms with E-state index < -0.39 is 4.92 Å². The van der Waals surface area contributed by atoms with Gasteiger partial charge < -0.3 is 15.5 Å². The monoisotopic (exact) mass is 546 g/mol. The molecule has 1 aromatic rings. The molecule has 1 heterocycles. The van der Waals surface area contributed by atoms with Gasteiger partial charge in [-0.25, -0.2) is 4.99 Å². The Bertz CT molecular complexity index is 718. The molecule has 1 aliphatic heterocycles. The third-order valence-electron chi connectivity index (χ3n) is 4.86. The summed E-state index contributed by atoms with van der Waals surface area (Å²) < 4.78 is 0. The fourth-order valence-electron chi connectivity index (χ4n) is 3.22. The highest BCUT2D eigenvalue weighted by Gasteiger charge is 2.21. The molecular weight excluding hydrogens is 511 g/mol. The van der Waals surface area contributed by atoms with Crippen LogP contribution in [0.1, 0.15) is 39.2 Å². The standard InChI is InChI=1S/C21H34N6O3.HI/c1-4-5-10-22-21(23-15-18-6-8-19(9-7-18)27(29)30)26-13-11-25(12-14-26)16-20(28)24-17(2)3;/h6-9,17H,4-5,10-16H2,1-3H3,(H,22,23)(H,24,28);1H. The predicted octanol–water partition coefficient (Wildman–Crippen LogP) is 2.60. The van der Waals surface area contributed by atoms with Crippen molar-refractivity contribution < 1.29 is 9.72 Å². The molecule has 9 nitrogen and oxygen atoms in total. The number of carbonyl (C=O) groups is 1. The lowest BCUT2D eigenvalue weighted by molar-refractivity contribution is -0.384. The normalized spacial score (nSPS) is 14.8. The summed E-state index contributed by atoms with van der Waals surface area (Å²) in [7, 11) is 0. The zero-order valence-corrected chi connectivity index (χ0v) is 21.0. The van der Waals surface area contributed by atoms with Crippen molar-refractivity contribution in [2.45, 2.75) is 46.2 Å². The summed E-state index contributed by atoms with van der Waals surface area (Å²) in [5.41, 5.74) is 1.01. The average Bonchev–Trinajstić information content (AvgIpc) is 2.71. The Morgan fingerprint density at radius 3 is 2.39 bits per heavy atom. The van der Waals surface area contributed by atoms with Gasteiger partial charge in [-0.15, -0.1) is 24.0 Å². The summed E-state index contributed by atoms with van der Waals surface area (Å²) in [5, 5.41) is 17.2. The molecule has 1 amide bonds. The SMILES string of the molecule is CCCCNC(=NCc1ccc([N+](=O)[O-])cc1)N1CCN(CC(=O)NC(C)C)CC1.I. The molecule has 10 heteroatoms. The molecule has 0 aliphatic carbocycles. The predicted molar refractivity (Wildman–Crippen MR) is 134 cm³/mol. The van der Waals surface area contributed by atoms with E-state index >= 15 is 0 Å². The Labute approximate surface area is 201 Å². The smallest absolute Gasteiger partial charge is 0.269 e. The number of aliphatic imine (C=N–C) groups is 1. The highest BCUT2D eigenvalue weighted by molar-refractivity contribution is 14.0. The zero-order chi connectivity index (χ0) is 21.9. The van der Waals surface area contributed by atoms with Gasteiger partial charge in [-0.3, -0.25) is 19.8 Å². The van der Waals surface area contributed by atoms with Gasteiger partial charge in [0.25, 0.3) is 5.69 Å². The van der Waals surface area contributed by atoms with Crippen molar-refractivity contribution in [3.05, 3.63) is 39.9 Å². The number of hydrogen-bond acceptors (Lipinski definition) is 5. The van der Waals surface area contributed by atoms with Gasteiger partial charge >= 0.3 is 0 Å². The van der Waals surface area contributed by atoms with Gasteiger partial charge in [0.05, 0.1) is 18.0 Å². The van der Waals surface area contributed by atoms with Crippen LogP contribution >= 0.6 is 24.0 Å². The molecule has 1 aromatic carbocycles. The Morgan fingerprint density at radius 1 is 1.19 bits per heavy atom. The van der Waals surface area contributed by atoms with Gasteiger partial charge in [0.1, 0.15) is 0 Å². The Morgan fingerprint density at radius 2 is 1.84 bits per heavy atom. The van der Waals surface area contributed by atoms with Crippen molar-refractivity contribution in [3.63, 3.8) is 0 Å². The molecule has 174 valence electrons. The van der Waals surface area contributed by atoms with Crippen LogP contribution in [-0.4, -0.2) is 71.9 Å². The number of nitro groups is 1. The second-order valence-corrected chi connectivity index (χ2v) is 7.83. The summed E-state index contributed by atoms with van der Waals surface area (Å²) in [5.74, 6) is 0.916. The van der Waals surface area contributed by atoms with E-state index in [4.69, 9.17) is 4.99 Å². The van der Waals surface area contributed by atoms with E-state index in [0.717, 1.165) is 57.1 Å². The van der Waals surface area contributed by atoms with E-state index in [1.807, 2.05) is 13.8 Å². The van der Waals surface area contributed by atoms with Crippen molar-refractivity contribution >= 4 is 41.5 Å². The molecule has 2 N–H and O–H groups in total. The molecule has 2 rings (SSSR count). The molecule has 0 unspecified atom stereocenters. The maximum absolute atomic E-state index is 12.0. The van der Waals surface area contributed by atoms with E-state index in [1.54, 1.807) is 12.1 Å². The summed E-state index contributed by atoms with van der Waals surface area (Å²) >= 11 is 0. The first-order chi connectivity index (χ1) is 14.4. The maximum atomic E-state index is 12.0. The minimum atomic E-state index is -0.397. The minimum Gasteiger partial charge on any atom is -0.356 e. The number of nitrogens with one attached hydrogen (secondary N) is 2. The van der Waals surface area contributed by atoms with E-state index in [0.29, 0.717) is 13.1 Å². The van der Waals surface area contributed by atoms with Gasteiger partial charge in [-0.2, -0.15) is 0 Å². The number of benzene rings is 1. The van der Waals surface area contributed by atoms with Crippen LogP contribution in [0.3, 0.4) is 0 Å². The number of amides is 1. The molecule has 1 fully saturated rings.